The van der Waals surface area contributed by atoms with E-state index in [1.54, 1.807) is 29.2 Å². The number of benzene rings is 2. The van der Waals surface area contributed by atoms with Crippen molar-refractivity contribution in [3.8, 4) is 5.75 Å². The van der Waals surface area contributed by atoms with Gasteiger partial charge in [-0.05, 0) is 36.4 Å². The van der Waals surface area contributed by atoms with Gasteiger partial charge in [-0.2, -0.15) is 0 Å². The van der Waals surface area contributed by atoms with Crippen molar-refractivity contribution in [1.82, 2.24) is 4.90 Å². The molecule has 1 amide bonds. The fourth-order valence-electron chi connectivity index (χ4n) is 3.59. The van der Waals surface area contributed by atoms with Gasteiger partial charge in [0.05, 0.1) is 16.8 Å². The first-order chi connectivity index (χ1) is 15.3. The van der Waals surface area contributed by atoms with Crippen molar-refractivity contribution in [1.29, 1.82) is 5.41 Å². The van der Waals surface area contributed by atoms with Crippen LogP contribution in [0.25, 0.3) is 0 Å². The van der Waals surface area contributed by atoms with Crippen LogP contribution in [0.4, 0.5) is 10.1 Å². The molecule has 0 saturated carbocycles. The summed E-state index contributed by atoms with van der Waals surface area (Å²) in [5.74, 6) is -1.50. The van der Waals surface area contributed by atoms with E-state index in [-0.39, 0.29) is 46.2 Å². The van der Waals surface area contributed by atoms with Gasteiger partial charge in [-0.3, -0.25) is 15.0 Å². The van der Waals surface area contributed by atoms with Crippen molar-refractivity contribution >= 4 is 33.3 Å². The predicted octanol–water partition coefficient (Wildman–Crippen LogP) is 0.564. The molecule has 7 nitrogen and oxygen atoms in total. The standard InChI is InChI=1S/C23H19BrFN3O4.ClH/c24-15-5-6-20(29)16(12-15)21(30)14-11-17(22(26)32-13-14)23(31)28-9-7-27(8-10-28)19-4-2-1-3-18(19)25;/h1-6,11-13,26,29H,7-10H2;1H/p-1. The summed E-state index contributed by atoms with van der Waals surface area (Å²) in [6.45, 7) is 1.53. The summed E-state index contributed by atoms with van der Waals surface area (Å²) in [6, 6.07) is 12.2. The van der Waals surface area contributed by atoms with Crippen LogP contribution < -0.4 is 22.9 Å². The smallest absolute Gasteiger partial charge is 0.259 e. The molecule has 1 fully saturated rings. The van der Waals surface area contributed by atoms with E-state index in [0.717, 1.165) is 6.26 Å². The zero-order valence-electron chi connectivity index (χ0n) is 17.2. The van der Waals surface area contributed by atoms with Gasteiger partial charge in [-0.15, -0.1) is 0 Å². The van der Waals surface area contributed by atoms with E-state index in [1.165, 1.54) is 24.3 Å². The van der Waals surface area contributed by atoms with E-state index in [0.29, 0.717) is 36.3 Å². The number of ketones is 1. The molecule has 3 aromatic rings. The number of rotatable bonds is 4. The van der Waals surface area contributed by atoms with Crippen molar-refractivity contribution in [2.75, 3.05) is 31.1 Å². The van der Waals surface area contributed by atoms with E-state index >= 15 is 0 Å². The highest BCUT2D eigenvalue weighted by atomic mass is 79.9. The topological polar surface area (TPSA) is 97.8 Å². The molecule has 0 atom stereocenters. The summed E-state index contributed by atoms with van der Waals surface area (Å²) >= 11 is 3.26. The average Bonchev–Trinajstić information content (AvgIpc) is 2.80. The number of nitrogens with one attached hydrogen (secondary N) is 1. The Bertz CT molecular complexity index is 1260. The summed E-state index contributed by atoms with van der Waals surface area (Å²) < 4.78 is 19.8. The molecule has 2 heterocycles. The van der Waals surface area contributed by atoms with Gasteiger partial charge in [-0.1, -0.05) is 28.1 Å². The molecule has 0 bridgehead atoms. The lowest BCUT2D eigenvalue weighted by Crippen LogP contribution is -3.00. The van der Waals surface area contributed by atoms with Crippen molar-refractivity contribution < 1.29 is 35.9 Å². The van der Waals surface area contributed by atoms with Crippen LogP contribution in [-0.4, -0.2) is 47.9 Å². The third-order valence-electron chi connectivity index (χ3n) is 5.30. The van der Waals surface area contributed by atoms with Crippen molar-refractivity contribution in [2.45, 2.75) is 0 Å². The molecule has 0 unspecified atom stereocenters. The molecule has 10 heteroatoms. The molecule has 172 valence electrons. The van der Waals surface area contributed by atoms with Gasteiger partial charge in [0.1, 0.15) is 23.4 Å². The van der Waals surface area contributed by atoms with Gasteiger partial charge >= 0.3 is 0 Å². The number of para-hydroxylation sites is 1. The molecule has 1 aliphatic rings. The molecule has 2 N–H and O–H groups in total. The van der Waals surface area contributed by atoms with Gasteiger partial charge < -0.3 is 31.7 Å². The number of hydrogen-bond acceptors (Lipinski definition) is 6. The number of halogens is 3. The SMILES string of the molecule is N=c1occ(C(=O)c2cc(Br)ccc2O)cc1C(=O)N1CCN(c2ccccc2F)CC1.[Cl-]. The first-order valence-corrected chi connectivity index (χ1v) is 10.6. The fraction of sp³-hybridized carbons (Fsp3) is 0.174. The van der Waals surface area contributed by atoms with Crippen LogP contribution in [0, 0.1) is 11.2 Å². The van der Waals surface area contributed by atoms with Crippen LogP contribution in [0.3, 0.4) is 0 Å². The number of carbonyl (C=O) groups is 2. The zero-order chi connectivity index (χ0) is 22.8. The largest absolute Gasteiger partial charge is 1.00 e. The molecule has 0 spiro atoms. The molecule has 1 saturated heterocycles. The molecule has 0 radical (unpaired) electrons. The average molecular weight is 536 g/mol. The van der Waals surface area contributed by atoms with Crippen LogP contribution in [-0.2, 0) is 0 Å². The van der Waals surface area contributed by atoms with Crippen LogP contribution in [0.5, 0.6) is 5.75 Å². The van der Waals surface area contributed by atoms with E-state index in [2.05, 4.69) is 15.9 Å². The van der Waals surface area contributed by atoms with Crippen molar-refractivity contribution in [2.24, 2.45) is 0 Å². The number of piperazine rings is 1. The number of anilines is 1. The minimum Gasteiger partial charge on any atom is -1.00 e. The minimum atomic E-state index is -0.536. The summed E-state index contributed by atoms with van der Waals surface area (Å²) in [5, 5.41) is 18.0. The van der Waals surface area contributed by atoms with Crippen LogP contribution >= 0.6 is 15.9 Å². The fourth-order valence-corrected chi connectivity index (χ4v) is 3.95. The van der Waals surface area contributed by atoms with E-state index in [4.69, 9.17) is 9.83 Å². The lowest BCUT2D eigenvalue weighted by Gasteiger charge is -2.36. The molecule has 2 aromatic carbocycles. The summed E-state index contributed by atoms with van der Waals surface area (Å²) in [7, 11) is 0. The van der Waals surface area contributed by atoms with E-state index in [9.17, 15) is 19.1 Å². The number of carbonyl (C=O) groups excluding carboxylic acids is 2. The summed E-state index contributed by atoms with van der Waals surface area (Å²) in [5.41, 5.74) is 0.162. The second-order valence-electron chi connectivity index (χ2n) is 7.30. The lowest BCUT2D eigenvalue weighted by atomic mass is 10.0. The van der Waals surface area contributed by atoms with Gasteiger partial charge in [-0.25, -0.2) is 4.39 Å². The Kier molecular flexibility index (Phi) is 7.55. The summed E-state index contributed by atoms with van der Waals surface area (Å²) in [6.07, 6.45) is 1.10. The second-order valence-corrected chi connectivity index (χ2v) is 8.22. The van der Waals surface area contributed by atoms with Crippen molar-refractivity contribution in [3.05, 3.63) is 87.3 Å². The molecule has 1 aromatic heterocycles. The number of aromatic hydroxyl groups is 1. The quantitative estimate of drug-likeness (QED) is 0.476. The molecule has 1 aliphatic heterocycles. The maximum atomic E-state index is 14.0. The molecule has 33 heavy (non-hydrogen) atoms. The Morgan fingerprint density at radius 2 is 1.73 bits per heavy atom. The van der Waals surface area contributed by atoms with Crippen LogP contribution in [0.1, 0.15) is 26.3 Å². The van der Waals surface area contributed by atoms with E-state index in [1.807, 2.05) is 4.90 Å². The Labute approximate surface area is 203 Å². The number of phenolic OH excluding ortho intramolecular Hbond substituents is 1. The number of hydrogen-bond donors (Lipinski definition) is 2. The Morgan fingerprint density at radius 1 is 1.03 bits per heavy atom. The molecule has 4 rings (SSSR count). The molecular weight excluding hydrogens is 517 g/mol. The number of phenols is 1. The zero-order valence-corrected chi connectivity index (χ0v) is 19.6. The second kappa shape index (κ2) is 10.2. The number of amides is 1. The van der Waals surface area contributed by atoms with Gasteiger partial charge in [0.25, 0.3) is 5.91 Å². The van der Waals surface area contributed by atoms with Crippen LogP contribution in [0.15, 0.2) is 63.7 Å². The highest BCUT2D eigenvalue weighted by Crippen LogP contribution is 2.25. The summed E-state index contributed by atoms with van der Waals surface area (Å²) in [4.78, 5) is 29.3. The molecular formula is C23H19BrClFN3O4-. The Morgan fingerprint density at radius 3 is 2.42 bits per heavy atom. The van der Waals surface area contributed by atoms with E-state index < -0.39 is 11.7 Å². The lowest BCUT2D eigenvalue weighted by molar-refractivity contribution is -0.0000266. The monoisotopic (exact) mass is 534 g/mol. The van der Waals surface area contributed by atoms with Crippen molar-refractivity contribution in [3.63, 3.8) is 0 Å². The predicted molar refractivity (Wildman–Crippen MR) is 118 cm³/mol. The van der Waals surface area contributed by atoms with Gasteiger partial charge in [0, 0.05) is 30.7 Å². The highest BCUT2D eigenvalue weighted by Gasteiger charge is 2.26. The first-order valence-electron chi connectivity index (χ1n) is 9.84. The third-order valence-corrected chi connectivity index (χ3v) is 5.80. The third kappa shape index (κ3) is 5.09. The molecule has 0 aliphatic carbocycles. The maximum Gasteiger partial charge on any atom is 0.259 e. The first kappa shape index (κ1) is 24.5. The minimum absolute atomic E-state index is 0. The highest BCUT2D eigenvalue weighted by molar-refractivity contribution is 9.10. The normalized spacial score (nSPS) is 13.4. The Balaban J connectivity index is 0.00000306. The maximum absolute atomic E-state index is 14.0. The van der Waals surface area contributed by atoms with Gasteiger partial charge in [0.15, 0.2) is 5.78 Å². The number of nitrogens with zero attached hydrogens (tertiary/aromatic N) is 2. The van der Waals surface area contributed by atoms with Crippen LogP contribution in [0.2, 0.25) is 0 Å². The Hall–Kier alpha value is -3.17. The van der Waals surface area contributed by atoms with Gasteiger partial charge in [0.2, 0.25) is 5.55 Å².